The minimum atomic E-state index is -0.227. The van der Waals surface area contributed by atoms with E-state index < -0.39 is 0 Å². The fourth-order valence-corrected chi connectivity index (χ4v) is 3.34. The molecule has 1 aliphatic rings. The van der Waals surface area contributed by atoms with Crippen LogP contribution in [-0.2, 0) is 14.2 Å². The Morgan fingerprint density at radius 2 is 2.24 bits per heavy atom. The van der Waals surface area contributed by atoms with Gasteiger partial charge in [0.1, 0.15) is 0 Å². The molecule has 0 aliphatic carbocycles. The maximum atomic E-state index is 11.7. The summed E-state index contributed by atoms with van der Waals surface area (Å²) in [4.78, 5) is 17.1. The molecule has 1 fully saturated rings. The van der Waals surface area contributed by atoms with Crippen LogP contribution in [0.1, 0.15) is 19.8 Å². The molecule has 3 atom stereocenters. The van der Waals surface area contributed by atoms with Crippen LogP contribution in [0.3, 0.4) is 0 Å². The second-order valence-corrected chi connectivity index (χ2v) is 6.04. The second-order valence-electron chi connectivity index (χ2n) is 4.94. The number of ether oxygens (including phenoxy) is 1. The van der Waals surface area contributed by atoms with E-state index in [1.165, 1.54) is 6.11 Å². The molecule has 1 aliphatic heterocycles. The standard InChI is InChI=1S/C15H18BNO3S/c1-2-11-8-14(20-15(11)18)13(17-10-16-19)9-21-12-6-4-3-5-7-12/h3-7,10-11,13-14H,2,8-9H2,1H3. The average molecular weight is 303 g/mol. The number of aliphatic imine (C=N–C) groups is 1. The van der Waals surface area contributed by atoms with E-state index in [2.05, 4.69) is 4.99 Å². The van der Waals surface area contributed by atoms with Crippen LogP contribution < -0.4 is 0 Å². The molecule has 3 unspecified atom stereocenters. The first kappa shape index (κ1) is 16.0. The third-order valence-electron chi connectivity index (χ3n) is 3.54. The molecule has 1 heterocycles. The monoisotopic (exact) mass is 303 g/mol. The van der Waals surface area contributed by atoms with Crippen molar-refractivity contribution < 1.29 is 14.2 Å². The Labute approximate surface area is 129 Å². The maximum absolute atomic E-state index is 11.7. The molecule has 0 spiro atoms. The van der Waals surface area contributed by atoms with Crippen LogP contribution in [0.5, 0.6) is 0 Å². The number of nitrogens with zero attached hydrogens (tertiary/aromatic N) is 1. The first-order chi connectivity index (χ1) is 10.2. The van der Waals surface area contributed by atoms with Gasteiger partial charge in [0.15, 0.2) is 0 Å². The zero-order valence-corrected chi connectivity index (χ0v) is 12.8. The normalized spacial score (nSPS) is 23.0. The molecule has 0 amide bonds. The van der Waals surface area contributed by atoms with Crippen molar-refractivity contribution in [3.05, 3.63) is 30.3 Å². The van der Waals surface area contributed by atoms with Gasteiger partial charge >= 0.3 is 129 Å². The SMILES string of the molecule is CCC1CC(C(CSc2ccccc2)N=CB=O)OC1=O. The van der Waals surface area contributed by atoms with Crippen molar-refractivity contribution in [3.63, 3.8) is 0 Å². The van der Waals surface area contributed by atoms with Crippen LogP contribution in [0.4, 0.5) is 0 Å². The van der Waals surface area contributed by atoms with E-state index in [-0.39, 0.29) is 24.0 Å². The van der Waals surface area contributed by atoms with Crippen molar-refractivity contribution >= 4 is 31.0 Å². The predicted molar refractivity (Wildman–Crippen MR) is 84.2 cm³/mol. The molecule has 0 bridgehead atoms. The number of hydrogen-bond donors (Lipinski definition) is 0. The van der Waals surface area contributed by atoms with Crippen LogP contribution >= 0.6 is 11.8 Å². The molecule has 0 saturated carbocycles. The Balaban J connectivity index is 2.00. The van der Waals surface area contributed by atoms with Gasteiger partial charge < -0.3 is 0 Å². The summed E-state index contributed by atoms with van der Waals surface area (Å²) in [6.07, 6.45) is 2.50. The fraction of sp³-hybridized carbons (Fsp3) is 0.467. The Morgan fingerprint density at radius 1 is 1.48 bits per heavy atom. The Hall–Kier alpha value is -1.43. The molecule has 1 saturated heterocycles. The van der Waals surface area contributed by atoms with Crippen LogP contribution in [0.2, 0.25) is 0 Å². The summed E-state index contributed by atoms with van der Waals surface area (Å²) in [7, 11) is 0.661. The summed E-state index contributed by atoms with van der Waals surface area (Å²) in [5.41, 5.74) is 0. The average Bonchev–Trinajstić information content (AvgIpc) is 2.89. The van der Waals surface area contributed by atoms with Gasteiger partial charge in [-0.25, -0.2) is 0 Å². The molecule has 0 aromatic heterocycles. The molecule has 2 rings (SSSR count). The van der Waals surface area contributed by atoms with Crippen molar-refractivity contribution in [2.75, 3.05) is 5.75 Å². The summed E-state index contributed by atoms with van der Waals surface area (Å²) in [5, 5.41) is 0. The van der Waals surface area contributed by atoms with Crippen molar-refractivity contribution in [2.24, 2.45) is 10.9 Å². The number of carbonyl (C=O) groups excluding carboxylic acids is 1. The number of rotatable bonds is 7. The summed E-state index contributed by atoms with van der Waals surface area (Å²) >= 11 is 1.65. The van der Waals surface area contributed by atoms with E-state index in [1.807, 2.05) is 37.3 Å². The molecule has 110 valence electrons. The summed E-state index contributed by atoms with van der Waals surface area (Å²) < 4.78 is 15.9. The quantitative estimate of drug-likeness (QED) is 0.336. The van der Waals surface area contributed by atoms with Crippen molar-refractivity contribution in [1.29, 1.82) is 0 Å². The van der Waals surface area contributed by atoms with Crippen LogP contribution in [0.15, 0.2) is 40.2 Å². The van der Waals surface area contributed by atoms with Crippen LogP contribution in [0, 0.1) is 5.92 Å². The van der Waals surface area contributed by atoms with Gasteiger partial charge in [-0.1, -0.05) is 0 Å². The van der Waals surface area contributed by atoms with Gasteiger partial charge in [0.2, 0.25) is 0 Å². The number of hydrogen-bond acceptors (Lipinski definition) is 5. The minimum absolute atomic E-state index is 0.0364. The first-order valence-electron chi connectivity index (χ1n) is 7.09. The number of carbonyl (C=O) groups is 1. The van der Waals surface area contributed by atoms with Gasteiger partial charge in [-0.05, 0) is 0 Å². The molecule has 21 heavy (non-hydrogen) atoms. The third kappa shape index (κ3) is 4.53. The van der Waals surface area contributed by atoms with Crippen molar-refractivity contribution in [1.82, 2.24) is 0 Å². The molecule has 4 nitrogen and oxygen atoms in total. The zero-order chi connectivity index (χ0) is 15.1. The summed E-state index contributed by atoms with van der Waals surface area (Å²) in [5.74, 6) is 0.507. The topological polar surface area (TPSA) is 55.7 Å². The first-order valence-corrected chi connectivity index (χ1v) is 8.08. The predicted octanol–water partition coefficient (Wildman–Crippen LogP) is 2.57. The summed E-state index contributed by atoms with van der Waals surface area (Å²) in [6, 6.07) is 9.81. The Bertz CT molecular complexity index is 509. The van der Waals surface area contributed by atoms with Crippen LogP contribution in [-0.4, -0.2) is 37.1 Å². The second kappa shape index (κ2) is 8.12. The summed E-state index contributed by atoms with van der Waals surface area (Å²) in [6.45, 7) is 1.98. The molecule has 1 aromatic carbocycles. The van der Waals surface area contributed by atoms with Gasteiger partial charge in [-0.2, -0.15) is 0 Å². The molecular weight excluding hydrogens is 285 g/mol. The van der Waals surface area contributed by atoms with Crippen molar-refractivity contribution in [3.8, 4) is 0 Å². The van der Waals surface area contributed by atoms with E-state index >= 15 is 0 Å². The van der Waals surface area contributed by atoms with Crippen LogP contribution in [0.25, 0.3) is 0 Å². The van der Waals surface area contributed by atoms with Gasteiger partial charge in [0.05, 0.1) is 0 Å². The Kier molecular flexibility index (Phi) is 6.17. The molecular formula is C15H18BNO3S. The number of benzene rings is 1. The molecule has 6 heteroatoms. The van der Waals surface area contributed by atoms with Gasteiger partial charge in [0.25, 0.3) is 0 Å². The third-order valence-corrected chi connectivity index (χ3v) is 4.66. The van der Waals surface area contributed by atoms with E-state index in [1.54, 1.807) is 11.8 Å². The van der Waals surface area contributed by atoms with E-state index in [0.717, 1.165) is 11.3 Å². The number of thioether (sulfide) groups is 1. The zero-order valence-electron chi connectivity index (χ0n) is 12.0. The van der Waals surface area contributed by atoms with E-state index in [4.69, 9.17) is 4.74 Å². The Morgan fingerprint density at radius 3 is 2.86 bits per heavy atom. The van der Waals surface area contributed by atoms with Gasteiger partial charge in [-0.3, -0.25) is 0 Å². The van der Waals surface area contributed by atoms with Gasteiger partial charge in [-0.15, -0.1) is 0 Å². The number of cyclic esters (lactones) is 1. The van der Waals surface area contributed by atoms with E-state index in [0.29, 0.717) is 19.3 Å². The number of esters is 1. The fourth-order valence-electron chi connectivity index (χ4n) is 2.33. The van der Waals surface area contributed by atoms with E-state index in [9.17, 15) is 9.50 Å². The molecule has 0 radical (unpaired) electrons. The molecule has 0 N–H and O–H groups in total. The van der Waals surface area contributed by atoms with Gasteiger partial charge in [0, 0.05) is 0 Å². The van der Waals surface area contributed by atoms with Crippen molar-refractivity contribution in [2.45, 2.75) is 36.8 Å². The molecule has 1 aromatic rings.